The third-order valence-corrected chi connectivity index (χ3v) is 4.52. The second kappa shape index (κ2) is 6.81. The average Bonchev–Trinajstić information content (AvgIpc) is 3.02. The van der Waals surface area contributed by atoms with E-state index in [2.05, 4.69) is 15.6 Å². The third-order valence-electron chi connectivity index (χ3n) is 3.20. The SMILES string of the molecule is CNc1nc(-c2ccccc2)c(C(=O)Nc2ccc(Cl)cc2)s1. The monoisotopic (exact) mass is 343 g/mol. The number of anilines is 2. The number of hydrogen-bond acceptors (Lipinski definition) is 4. The molecule has 0 atom stereocenters. The van der Waals surface area contributed by atoms with Gasteiger partial charge in [-0.25, -0.2) is 4.98 Å². The van der Waals surface area contributed by atoms with Gasteiger partial charge >= 0.3 is 0 Å². The molecule has 23 heavy (non-hydrogen) atoms. The first-order valence-electron chi connectivity index (χ1n) is 6.98. The van der Waals surface area contributed by atoms with Gasteiger partial charge in [0.2, 0.25) is 0 Å². The molecular weight excluding hydrogens is 330 g/mol. The van der Waals surface area contributed by atoms with Crippen molar-refractivity contribution in [2.75, 3.05) is 17.7 Å². The Hall–Kier alpha value is -2.37. The molecule has 0 unspecified atom stereocenters. The molecular formula is C17H14ClN3OS. The van der Waals surface area contributed by atoms with Crippen LogP contribution in [0.2, 0.25) is 5.02 Å². The molecule has 0 aliphatic heterocycles. The first-order chi connectivity index (χ1) is 11.2. The lowest BCUT2D eigenvalue weighted by Crippen LogP contribution is -2.11. The minimum atomic E-state index is -0.190. The zero-order valence-corrected chi connectivity index (χ0v) is 13.9. The molecule has 0 spiro atoms. The predicted molar refractivity (Wildman–Crippen MR) is 96.5 cm³/mol. The third kappa shape index (κ3) is 3.52. The maximum absolute atomic E-state index is 12.6. The number of carbonyl (C=O) groups is 1. The van der Waals surface area contributed by atoms with Gasteiger partial charge in [-0.05, 0) is 24.3 Å². The molecule has 4 nitrogen and oxygen atoms in total. The normalized spacial score (nSPS) is 10.3. The lowest BCUT2D eigenvalue weighted by Gasteiger charge is -2.05. The summed E-state index contributed by atoms with van der Waals surface area (Å²) in [6.07, 6.45) is 0. The highest BCUT2D eigenvalue weighted by atomic mass is 35.5. The van der Waals surface area contributed by atoms with Gasteiger partial charge in [0.15, 0.2) is 5.13 Å². The Morgan fingerprint density at radius 1 is 1.09 bits per heavy atom. The Kier molecular flexibility index (Phi) is 4.60. The topological polar surface area (TPSA) is 54.0 Å². The van der Waals surface area contributed by atoms with Crippen LogP contribution in [0.25, 0.3) is 11.3 Å². The highest BCUT2D eigenvalue weighted by molar-refractivity contribution is 7.18. The van der Waals surface area contributed by atoms with E-state index in [1.807, 2.05) is 30.3 Å². The summed E-state index contributed by atoms with van der Waals surface area (Å²) in [5, 5.41) is 7.20. The van der Waals surface area contributed by atoms with Gasteiger partial charge in [0.25, 0.3) is 5.91 Å². The Balaban J connectivity index is 1.93. The molecule has 0 saturated heterocycles. The molecule has 0 bridgehead atoms. The van der Waals surface area contributed by atoms with E-state index in [1.165, 1.54) is 11.3 Å². The van der Waals surface area contributed by atoms with Crippen molar-refractivity contribution in [2.24, 2.45) is 0 Å². The fourth-order valence-corrected chi connectivity index (χ4v) is 3.06. The Morgan fingerprint density at radius 3 is 2.43 bits per heavy atom. The van der Waals surface area contributed by atoms with Gasteiger partial charge < -0.3 is 10.6 Å². The molecule has 6 heteroatoms. The van der Waals surface area contributed by atoms with Crippen LogP contribution in [0.15, 0.2) is 54.6 Å². The van der Waals surface area contributed by atoms with E-state index in [-0.39, 0.29) is 5.91 Å². The summed E-state index contributed by atoms with van der Waals surface area (Å²) in [5.41, 5.74) is 2.27. The number of amides is 1. The van der Waals surface area contributed by atoms with Crippen LogP contribution < -0.4 is 10.6 Å². The van der Waals surface area contributed by atoms with Crippen molar-refractivity contribution < 1.29 is 4.79 Å². The second-order valence-electron chi connectivity index (χ2n) is 4.77. The Bertz CT molecular complexity index is 816. The van der Waals surface area contributed by atoms with Crippen LogP contribution in [0.5, 0.6) is 0 Å². The number of benzene rings is 2. The van der Waals surface area contributed by atoms with Gasteiger partial charge in [-0.15, -0.1) is 0 Å². The van der Waals surface area contributed by atoms with Crippen molar-refractivity contribution in [1.82, 2.24) is 4.98 Å². The van der Waals surface area contributed by atoms with Gasteiger partial charge in [0.05, 0.1) is 5.69 Å². The summed E-state index contributed by atoms with van der Waals surface area (Å²) in [4.78, 5) is 17.7. The van der Waals surface area contributed by atoms with Crippen LogP contribution in [-0.4, -0.2) is 17.9 Å². The number of carbonyl (C=O) groups excluding carboxylic acids is 1. The summed E-state index contributed by atoms with van der Waals surface area (Å²) in [5.74, 6) is -0.190. The summed E-state index contributed by atoms with van der Waals surface area (Å²) in [7, 11) is 1.79. The molecule has 0 aliphatic rings. The molecule has 0 aliphatic carbocycles. The van der Waals surface area contributed by atoms with Crippen LogP contribution in [0, 0.1) is 0 Å². The lowest BCUT2D eigenvalue weighted by molar-refractivity contribution is 0.103. The van der Waals surface area contributed by atoms with Crippen molar-refractivity contribution in [3.8, 4) is 11.3 Å². The van der Waals surface area contributed by atoms with E-state index in [1.54, 1.807) is 31.3 Å². The van der Waals surface area contributed by atoms with Crippen LogP contribution >= 0.6 is 22.9 Å². The van der Waals surface area contributed by atoms with Crippen molar-refractivity contribution in [3.05, 3.63) is 64.5 Å². The van der Waals surface area contributed by atoms with Crippen molar-refractivity contribution in [1.29, 1.82) is 0 Å². The maximum atomic E-state index is 12.6. The molecule has 3 aromatic rings. The summed E-state index contributed by atoms with van der Waals surface area (Å²) in [6, 6.07) is 16.7. The van der Waals surface area contributed by atoms with Crippen molar-refractivity contribution in [2.45, 2.75) is 0 Å². The van der Waals surface area contributed by atoms with Crippen LogP contribution in [0.1, 0.15) is 9.67 Å². The van der Waals surface area contributed by atoms with Crippen LogP contribution in [0.4, 0.5) is 10.8 Å². The lowest BCUT2D eigenvalue weighted by atomic mass is 10.1. The number of thiazole rings is 1. The minimum absolute atomic E-state index is 0.190. The zero-order chi connectivity index (χ0) is 16.2. The molecule has 0 radical (unpaired) electrons. The van der Waals surface area contributed by atoms with Gasteiger partial charge in [-0.2, -0.15) is 0 Å². The van der Waals surface area contributed by atoms with Crippen molar-refractivity contribution in [3.63, 3.8) is 0 Å². The quantitative estimate of drug-likeness (QED) is 0.718. The smallest absolute Gasteiger partial charge is 0.268 e. The second-order valence-corrected chi connectivity index (χ2v) is 6.21. The summed E-state index contributed by atoms with van der Waals surface area (Å²) >= 11 is 7.19. The number of nitrogens with zero attached hydrogens (tertiary/aromatic N) is 1. The fraction of sp³-hybridized carbons (Fsp3) is 0.0588. The number of halogens is 1. The van der Waals surface area contributed by atoms with E-state index in [9.17, 15) is 4.79 Å². The maximum Gasteiger partial charge on any atom is 0.268 e. The van der Waals surface area contributed by atoms with E-state index in [0.717, 1.165) is 5.56 Å². The van der Waals surface area contributed by atoms with E-state index < -0.39 is 0 Å². The largest absolute Gasteiger partial charge is 0.365 e. The van der Waals surface area contributed by atoms with E-state index >= 15 is 0 Å². The first-order valence-corrected chi connectivity index (χ1v) is 8.18. The van der Waals surface area contributed by atoms with Crippen molar-refractivity contribution >= 4 is 39.7 Å². The van der Waals surface area contributed by atoms with Gasteiger partial charge in [0, 0.05) is 23.3 Å². The molecule has 1 aromatic heterocycles. The molecule has 0 saturated carbocycles. The highest BCUT2D eigenvalue weighted by Gasteiger charge is 2.19. The molecule has 116 valence electrons. The zero-order valence-electron chi connectivity index (χ0n) is 12.3. The molecule has 2 aromatic carbocycles. The molecule has 0 fully saturated rings. The Morgan fingerprint density at radius 2 is 1.78 bits per heavy atom. The highest BCUT2D eigenvalue weighted by Crippen LogP contribution is 2.31. The number of aromatic nitrogens is 1. The molecule has 2 N–H and O–H groups in total. The minimum Gasteiger partial charge on any atom is -0.365 e. The van der Waals surface area contributed by atoms with Crippen LogP contribution in [0.3, 0.4) is 0 Å². The first kappa shape index (κ1) is 15.5. The summed E-state index contributed by atoms with van der Waals surface area (Å²) < 4.78 is 0. The van der Waals surface area contributed by atoms with E-state index in [4.69, 9.17) is 11.6 Å². The van der Waals surface area contributed by atoms with Gasteiger partial charge in [0.1, 0.15) is 4.88 Å². The molecule has 3 rings (SSSR count). The standard InChI is InChI=1S/C17H14ClN3OS/c1-19-17-21-14(11-5-3-2-4-6-11)15(23-17)16(22)20-13-9-7-12(18)8-10-13/h2-10H,1H3,(H,19,21)(H,20,22). The van der Waals surface area contributed by atoms with E-state index in [0.29, 0.717) is 26.4 Å². The number of nitrogens with one attached hydrogen (secondary N) is 2. The summed E-state index contributed by atoms with van der Waals surface area (Å²) in [6.45, 7) is 0. The predicted octanol–water partition coefficient (Wildman–Crippen LogP) is 4.76. The van der Waals surface area contributed by atoms with Crippen LogP contribution in [-0.2, 0) is 0 Å². The molecule has 1 amide bonds. The molecule has 1 heterocycles. The van der Waals surface area contributed by atoms with Gasteiger partial charge in [-0.3, -0.25) is 4.79 Å². The van der Waals surface area contributed by atoms with Gasteiger partial charge in [-0.1, -0.05) is 53.3 Å². The number of hydrogen-bond donors (Lipinski definition) is 2. The average molecular weight is 344 g/mol. The fourth-order valence-electron chi connectivity index (χ4n) is 2.09. The number of rotatable bonds is 4. The Labute approximate surface area is 143 Å².